The lowest BCUT2D eigenvalue weighted by Crippen LogP contribution is -2.25. The Morgan fingerprint density at radius 3 is 1.51 bits per heavy atom. The first kappa shape index (κ1) is 48.2. The van der Waals surface area contributed by atoms with Gasteiger partial charge in [-0.25, -0.2) is 0 Å². The normalized spacial score (nSPS) is 17.2. The van der Waals surface area contributed by atoms with Crippen molar-refractivity contribution in [2.24, 2.45) is 0 Å². The summed E-state index contributed by atoms with van der Waals surface area (Å²) < 4.78 is 14.2. The van der Waals surface area contributed by atoms with Crippen LogP contribution in [0, 0.1) is 0 Å². The van der Waals surface area contributed by atoms with Crippen LogP contribution in [-0.4, -0.2) is 0 Å². The van der Waals surface area contributed by atoms with Gasteiger partial charge in [0.25, 0.3) is 0 Å². The molecule has 0 amide bonds. The Labute approximate surface area is 479 Å². The van der Waals surface area contributed by atoms with Gasteiger partial charge in [0.05, 0.1) is 9.79 Å². The van der Waals surface area contributed by atoms with Crippen LogP contribution >= 0.6 is 23.5 Å². The zero-order valence-electron chi connectivity index (χ0n) is 47.0. The Hall–Kier alpha value is -7.70. The third-order valence-electron chi connectivity index (χ3n) is 19.5. The van der Waals surface area contributed by atoms with E-state index in [2.05, 4.69) is 262 Å². The molecule has 0 fully saturated rings. The SMILES string of the molecule is CC1(C)c2cccc(-c3ccc(N(c4ccc5c(c4)C(C)(C)c4ccc6c(c4-5)Oc4ccccc4S6)c4ccc5c(c4)C(C)(C)c4ccc6c(c4-5)Sc4ccccc4C6(C)C)cc3)c2Oc2c1ccc1c2-c2ccccc2C1(C)C. The molecule has 10 aromatic rings. The van der Waals surface area contributed by atoms with Crippen molar-refractivity contribution in [2.75, 3.05) is 4.90 Å². The molecular weight excluding hydrogens is 1010 g/mol. The number of ether oxygens (including phenoxy) is 2. The number of rotatable bonds is 4. The maximum atomic E-state index is 7.38. The Morgan fingerprint density at radius 1 is 0.300 bits per heavy atom. The molecule has 390 valence electrons. The second kappa shape index (κ2) is 16.2. The highest BCUT2D eigenvalue weighted by Gasteiger charge is 2.46. The van der Waals surface area contributed by atoms with E-state index in [4.69, 9.17) is 9.47 Å². The molecule has 3 aliphatic carbocycles. The largest absolute Gasteiger partial charge is 0.455 e. The summed E-state index contributed by atoms with van der Waals surface area (Å²) in [5, 5.41) is 0. The van der Waals surface area contributed by atoms with Crippen LogP contribution in [0.5, 0.6) is 23.0 Å². The van der Waals surface area contributed by atoms with Gasteiger partial charge in [-0.3, -0.25) is 0 Å². The lowest BCUT2D eigenvalue weighted by atomic mass is 9.73. The number of benzene rings is 10. The van der Waals surface area contributed by atoms with Gasteiger partial charge in [-0.2, -0.15) is 0 Å². The van der Waals surface area contributed by atoms with Crippen LogP contribution in [0.2, 0.25) is 0 Å². The van der Waals surface area contributed by atoms with Crippen LogP contribution in [0.15, 0.2) is 208 Å². The molecule has 0 spiro atoms. The lowest BCUT2D eigenvalue weighted by Gasteiger charge is -2.37. The molecule has 3 heterocycles. The van der Waals surface area contributed by atoms with Crippen LogP contribution in [0.1, 0.15) is 125 Å². The highest BCUT2D eigenvalue weighted by Crippen LogP contribution is 2.63. The monoisotopic (exact) mass is 1070 g/mol. The van der Waals surface area contributed by atoms with E-state index < -0.39 is 0 Å². The molecule has 0 aromatic heterocycles. The lowest BCUT2D eigenvalue weighted by molar-refractivity contribution is 0.420. The van der Waals surface area contributed by atoms with Crippen molar-refractivity contribution in [3.8, 4) is 67.5 Å². The fourth-order valence-electron chi connectivity index (χ4n) is 15.0. The maximum Gasteiger partial charge on any atom is 0.149 e. The summed E-state index contributed by atoms with van der Waals surface area (Å²) >= 11 is 3.75. The van der Waals surface area contributed by atoms with E-state index in [9.17, 15) is 0 Å². The summed E-state index contributed by atoms with van der Waals surface area (Å²) in [6.07, 6.45) is 0. The van der Waals surface area contributed by atoms with Gasteiger partial charge in [0, 0.05) is 87.3 Å². The molecule has 0 N–H and O–H groups in total. The number of nitrogens with zero attached hydrogens (tertiary/aromatic N) is 1. The number of hydrogen-bond donors (Lipinski definition) is 0. The first-order chi connectivity index (χ1) is 38.4. The molecule has 0 atom stereocenters. The molecule has 5 heteroatoms. The summed E-state index contributed by atoms with van der Waals surface area (Å²) in [5.41, 5.74) is 25.4. The Bertz CT molecular complexity index is 4400. The molecular formula is C75H61NO2S2. The molecule has 80 heavy (non-hydrogen) atoms. The first-order valence-corrected chi connectivity index (χ1v) is 29.9. The summed E-state index contributed by atoms with van der Waals surface area (Å²) in [5.74, 6) is 3.80. The van der Waals surface area contributed by atoms with Crippen molar-refractivity contribution >= 4 is 40.6 Å². The van der Waals surface area contributed by atoms with E-state index in [0.29, 0.717) is 0 Å². The number of para-hydroxylation sites is 2. The standard InChI is InChI=1S/C75H61NO2S2/c1-71(2)50-20-12-11-18-47(50)64-52(71)34-36-56-68(64)78-67-46(19-17-22-55(67)75(56,9)10)42-26-28-43(29-27-42)76(44-30-32-48-58(40-44)73(5,6)53-38-39-63-69(65(48)53)77-60-23-14-16-25-62(60)79-63)45-31-33-49-59(41-45)74(7,8)54-35-37-57-70(66(49)54)80-61-24-15-13-21-51(61)72(57,3)4/h11-41H,1-10H3. The van der Waals surface area contributed by atoms with Crippen molar-refractivity contribution in [1.29, 1.82) is 0 Å². The summed E-state index contributed by atoms with van der Waals surface area (Å²) in [6, 6.07) is 70.8. The molecule has 0 saturated carbocycles. The van der Waals surface area contributed by atoms with Gasteiger partial charge in [-0.1, -0.05) is 220 Å². The average molecular weight is 1070 g/mol. The molecule has 16 rings (SSSR count). The average Bonchev–Trinajstić information content (AvgIpc) is 4.10. The van der Waals surface area contributed by atoms with Crippen molar-refractivity contribution < 1.29 is 9.47 Å². The summed E-state index contributed by atoms with van der Waals surface area (Å²) in [4.78, 5) is 7.53. The minimum Gasteiger partial charge on any atom is -0.455 e. The Morgan fingerprint density at radius 2 is 0.787 bits per heavy atom. The molecule has 3 nitrogen and oxygen atoms in total. The van der Waals surface area contributed by atoms with Crippen LogP contribution < -0.4 is 14.4 Å². The molecule has 0 saturated heterocycles. The van der Waals surface area contributed by atoms with Crippen molar-refractivity contribution in [3.05, 3.63) is 244 Å². The second-order valence-corrected chi connectivity index (χ2v) is 27.7. The van der Waals surface area contributed by atoms with Crippen LogP contribution in [0.3, 0.4) is 0 Å². The van der Waals surface area contributed by atoms with E-state index in [1.165, 1.54) is 98.8 Å². The topological polar surface area (TPSA) is 21.7 Å². The number of anilines is 3. The predicted octanol–water partition coefficient (Wildman–Crippen LogP) is 21.2. The molecule has 0 bridgehead atoms. The number of hydrogen-bond acceptors (Lipinski definition) is 5. The van der Waals surface area contributed by atoms with Gasteiger partial charge in [-0.05, 0) is 127 Å². The van der Waals surface area contributed by atoms with Crippen LogP contribution in [-0.2, 0) is 27.1 Å². The molecule has 0 unspecified atom stereocenters. The summed E-state index contributed by atoms with van der Waals surface area (Å²) in [6.45, 7) is 23.8. The van der Waals surface area contributed by atoms with Gasteiger partial charge in [0.15, 0.2) is 0 Å². The van der Waals surface area contributed by atoms with Gasteiger partial charge in [0.2, 0.25) is 0 Å². The second-order valence-electron chi connectivity index (χ2n) is 25.6. The van der Waals surface area contributed by atoms with Gasteiger partial charge >= 0.3 is 0 Å². The van der Waals surface area contributed by atoms with E-state index in [1.807, 2.05) is 11.8 Å². The zero-order chi connectivity index (χ0) is 54.6. The molecule has 0 radical (unpaired) electrons. The molecule has 3 aliphatic heterocycles. The zero-order valence-corrected chi connectivity index (χ0v) is 48.6. The molecule has 6 aliphatic rings. The minimum absolute atomic E-state index is 0.118. The molecule has 10 aromatic carbocycles. The highest BCUT2D eigenvalue weighted by atomic mass is 32.2. The maximum absolute atomic E-state index is 7.38. The van der Waals surface area contributed by atoms with E-state index in [1.54, 1.807) is 11.8 Å². The quantitative estimate of drug-likeness (QED) is 0.175. The Kier molecular flexibility index (Phi) is 9.79. The summed E-state index contributed by atoms with van der Waals surface area (Å²) in [7, 11) is 0. The first-order valence-electron chi connectivity index (χ1n) is 28.3. The Balaban J connectivity index is 0.840. The van der Waals surface area contributed by atoms with E-state index >= 15 is 0 Å². The fourth-order valence-corrected chi connectivity index (χ4v) is 17.5. The van der Waals surface area contributed by atoms with Crippen LogP contribution in [0.4, 0.5) is 17.1 Å². The van der Waals surface area contributed by atoms with Crippen molar-refractivity contribution in [2.45, 2.75) is 116 Å². The smallest absolute Gasteiger partial charge is 0.149 e. The van der Waals surface area contributed by atoms with Crippen molar-refractivity contribution in [3.63, 3.8) is 0 Å². The third kappa shape index (κ3) is 6.37. The minimum atomic E-state index is -0.290. The van der Waals surface area contributed by atoms with Gasteiger partial charge in [0.1, 0.15) is 23.0 Å². The van der Waals surface area contributed by atoms with E-state index in [-0.39, 0.29) is 27.1 Å². The van der Waals surface area contributed by atoms with Gasteiger partial charge in [-0.15, -0.1) is 0 Å². The third-order valence-corrected chi connectivity index (χ3v) is 21.8. The van der Waals surface area contributed by atoms with E-state index in [0.717, 1.165) is 61.0 Å². The highest BCUT2D eigenvalue weighted by molar-refractivity contribution is 8.00. The fraction of sp³-hybridized carbons (Fsp3) is 0.200. The van der Waals surface area contributed by atoms with Crippen LogP contribution in [0.25, 0.3) is 44.5 Å². The van der Waals surface area contributed by atoms with Crippen molar-refractivity contribution in [1.82, 2.24) is 0 Å². The number of fused-ring (bicyclic) bond motifs is 18. The van der Waals surface area contributed by atoms with Gasteiger partial charge < -0.3 is 14.4 Å². The predicted molar refractivity (Wildman–Crippen MR) is 331 cm³/mol.